The van der Waals surface area contributed by atoms with Crippen molar-refractivity contribution < 1.29 is 13.2 Å². The Morgan fingerprint density at radius 2 is 1.97 bits per heavy atom. The molecular formula is C21H24N4O3S3. The summed E-state index contributed by atoms with van der Waals surface area (Å²) < 4.78 is 28.2. The number of carbonyl (C=O) groups excluding carboxylic acids is 1. The number of fused-ring (bicyclic) bond motifs is 1. The Balaban J connectivity index is 1.57. The van der Waals surface area contributed by atoms with Crippen molar-refractivity contribution in [2.75, 3.05) is 5.32 Å². The maximum absolute atomic E-state index is 13.3. The first-order valence-corrected chi connectivity index (χ1v) is 13.4. The number of carbonyl (C=O) groups is 1. The summed E-state index contributed by atoms with van der Waals surface area (Å²) in [6.45, 7) is 2.30. The van der Waals surface area contributed by atoms with Crippen molar-refractivity contribution in [2.24, 2.45) is 0 Å². The van der Waals surface area contributed by atoms with E-state index in [0.29, 0.717) is 11.6 Å². The topological polar surface area (TPSA) is 92.3 Å². The number of nitrogens with one attached hydrogen (secondary N) is 1. The van der Waals surface area contributed by atoms with Crippen LogP contribution in [0.4, 0.5) is 5.13 Å². The van der Waals surface area contributed by atoms with E-state index in [4.69, 9.17) is 0 Å². The molecule has 3 aromatic rings. The maximum Gasteiger partial charge on any atom is 0.253 e. The van der Waals surface area contributed by atoms with Gasteiger partial charge in [-0.3, -0.25) is 10.1 Å². The number of hydrogen-bond donors (Lipinski definition) is 1. The third-order valence-corrected chi connectivity index (χ3v) is 9.38. The Kier molecular flexibility index (Phi) is 6.80. The van der Waals surface area contributed by atoms with Crippen molar-refractivity contribution in [3.8, 4) is 0 Å². The average Bonchev–Trinajstić information content (AvgIpc) is 3.46. The summed E-state index contributed by atoms with van der Waals surface area (Å²) in [6.07, 6.45) is 4.43. The number of anilines is 1. The van der Waals surface area contributed by atoms with E-state index in [1.54, 1.807) is 17.5 Å². The summed E-state index contributed by atoms with van der Waals surface area (Å²) in [6, 6.07) is 10.1. The second-order valence-electron chi connectivity index (χ2n) is 7.42. The van der Waals surface area contributed by atoms with E-state index >= 15 is 0 Å². The van der Waals surface area contributed by atoms with Crippen LogP contribution < -0.4 is 5.32 Å². The van der Waals surface area contributed by atoms with Gasteiger partial charge in [-0.1, -0.05) is 61.4 Å². The molecule has 4 rings (SSSR count). The fourth-order valence-electron chi connectivity index (χ4n) is 3.62. The molecule has 0 unspecified atom stereocenters. The molecule has 1 aromatic carbocycles. The van der Waals surface area contributed by atoms with Crippen molar-refractivity contribution >= 4 is 43.7 Å². The third-order valence-electron chi connectivity index (χ3n) is 5.26. The molecule has 0 bridgehead atoms. The number of unbranched alkanes of at least 4 members (excludes halogenated alkanes) is 2. The predicted molar refractivity (Wildman–Crippen MR) is 123 cm³/mol. The lowest BCUT2D eigenvalue weighted by Crippen LogP contribution is -2.50. The second-order valence-corrected chi connectivity index (χ2v) is 11.5. The molecule has 3 heterocycles. The molecule has 0 radical (unpaired) electrons. The Bertz CT molecular complexity index is 1140. The molecular weight excluding hydrogens is 452 g/mol. The zero-order valence-corrected chi connectivity index (χ0v) is 19.6. The van der Waals surface area contributed by atoms with Crippen molar-refractivity contribution in [2.45, 2.75) is 55.8 Å². The van der Waals surface area contributed by atoms with E-state index in [-0.39, 0.29) is 16.7 Å². The highest BCUT2D eigenvalue weighted by atomic mass is 32.2. The molecule has 0 saturated carbocycles. The molecule has 31 heavy (non-hydrogen) atoms. The quantitative estimate of drug-likeness (QED) is 0.495. The molecule has 1 aliphatic rings. The summed E-state index contributed by atoms with van der Waals surface area (Å²) in [4.78, 5) is 13.2. The van der Waals surface area contributed by atoms with Crippen molar-refractivity contribution in [3.05, 3.63) is 57.9 Å². The van der Waals surface area contributed by atoms with Crippen LogP contribution in [0.15, 0.2) is 46.0 Å². The minimum atomic E-state index is -3.80. The van der Waals surface area contributed by atoms with Gasteiger partial charge in [0.05, 0.1) is 0 Å². The summed E-state index contributed by atoms with van der Waals surface area (Å²) in [5.41, 5.74) is 1.90. The van der Waals surface area contributed by atoms with Gasteiger partial charge in [-0.15, -0.1) is 21.5 Å². The molecule has 0 aliphatic carbocycles. The highest BCUT2D eigenvalue weighted by Gasteiger charge is 2.40. The first-order chi connectivity index (χ1) is 15.0. The fraction of sp³-hybridized carbons (Fsp3) is 0.381. The van der Waals surface area contributed by atoms with Gasteiger partial charge in [0.25, 0.3) is 10.0 Å². The molecule has 0 fully saturated rings. The lowest BCUT2D eigenvalue weighted by molar-refractivity contribution is -0.120. The summed E-state index contributed by atoms with van der Waals surface area (Å²) in [5, 5.41) is 14.0. The molecule has 0 saturated heterocycles. The molecule has 1 N–H and O–H groups in total. The minimum absolute atomic E-state index is 0.160. The van der Waals surface area contributed by atoms with E-state index in [1.807, 2.05) is 24.3 Å². The van der Waals surface area contributed by atoms with Gasteiger partial charge in [0.2, 0.25) is 11.0 Å². The molecule has 10 heteroatoms. The summed E-state index contributed by atoms with van der Waals surface area (Å²) in [5.74, 6) is -0.383. The van der Waals surface area contributed by atoms with Crippen molar-refractivity contribution in [1.82, 2.24) is 14.5 Å². The Morgan fingerprint density at radius 3 is 2.71 bits per heavy atom. The van der Waals surface area contributed by atoms with Crippen LogP contribution in [0, 0.1) is 0 Å². The highest BCUT2D eigenvalue weighted by Crippen LogP contribution is 2.31. The zero-order chi connectivity index (χ0) is 21.8. The smallest absolute Gasteiger partial charge is 0.253 e. The van der Waals surface area contributed by atoms with Crippen molar-refractivity contribution in [3.63, 3.8) is 0 Å². The Morgan fingerprint density at radius 1 is 1.16 bits per heavy atom. The van der Waals surface area contributed by atoms with Crippen LogP contribution in [0.3, 0.4) is 0 Å². The van der Waals surface area contributed by atoms with Gasteiger partial charge in [-0.05, 0) is 35.4 Å². The van der Waals surface area contributed by atoms with Gasteiger partial charge >= 0.3 is 0 Å². The third kappa shape index (κ3) is 4.87. The number of hydrogen-bond acceptors (Lipinski definition) is 7. The van der Waals surface area contributed by atoms with E-state index < -0.39 is 16.1 Å². The molecule has 7 nitrogen and oxygen atoms in total. The monoisotopic (exact) mass is 476 g/mol. The molecule has 2 aromatic heterocycles. The van der Waals surface area contributed by atoms with Crippen LogP contribution in [0.1, 0.15) is 42.3 Å². The second kappa shape index (κ2) is 9.56. The maximum atomic E-state index is 13.3. The van der Waals surface area contributed by atoms with Gasteiger partial charge in [0.15, 0.2) is 0 Å². The number of amides is 1. The predicted octanol–water partition coefficient (Wildman–Crippen LogP) is 4.09. The molecule has 164 valence electrons. The largest absolute Gasteiger partial charge is 0.299 e. The first kappa shape index (κ1) is 22.1. The number of benzene rings is 1. The number of thiophene rings is 1. The van der Waals surface area contributed by atoms with Crippen LogP contribution in [0.2, 0.25) is 0 Å². The SMILES string of the molecule is CCCCCc1nnc(NC(=O)[C@@H]2Cc3ccccc3CN2S(=O)(=O)c2cccs2)s1. The van der Waals surface area contributed by atoms with Gasteiger partial charge in [0, 0.05) is 13.0 Å². The minimum Gasteiger partial charge on any atom is -0.299 e. The lowest BCUT2D eigenvalue weighted by Gasteiger charge is -2.34. The Hall–Kier alpha value is -2.14. The number of aromatic nitrogens is 2. The Labute approximate surface area is 190 Å². The lowest BCUT2D eigenvalue weighted by atomic mass is 9.95. The number of aryl methyl sites for hydroxylation is 1. The van der Waals surface area contributed by atoms with E-state index in [1.165, 1.54) is 15.6 Å². The van der Waals surface area contributed by atoms with E-state index in [9.17, 15) is 13.2 Å². The van der Waals surface area contributed by atoms with Gasteiger partial charge in [0.1, 0.15) is 15.3 Å². The summed E-state index contributed by atoms with van der Waals surface area (Å²) in [7, 11) is -3.80. The molecule has 0 spiro atoms. The number of rotatable bonds is 8. The average molecular weight is 477 g/mol. The fourth-order valence-corrected chi connectivity index (χ4v) is 7.09. The normalized spacial score (nSPS) is 16.7. The van der Waals surface area contributed by atoms with Gasteiger partial charge in [-0.25, -0.2) is 8.42 Å². The van der Waals surface area contributed by atoms with Crippen LogP contribution in [-0.4, -0.2) is 34.9 Å². The van der Waals surface area contributed by atoms with Crippen LogP contribution in [0.25, 0.3) is 0 Å². The van der Waals surface area contributed by atoms with Gasteiger partial charge in [-0.2, -0.15) is 4.31 Å². The van der Waals surface area contributed by atoms with Gasteiger partial charge < -0.3 is 0 Å². The number of nitrogens with zero attached hydrogens (tertiary/aromatic N) is 3. The van der Waals surface area contributed by atoms with Crippen molar-refractivity contribution in [1.29, 1.82) is 0 Å². The number of sulfonamides is 1. The standard InChI is InChI=1S/C21H24N4O3S3/c1-2-3-4-10-18-23-24-21(30-18)22-20(26)17-13-15-8-5-6-9-16(15)14-25(17)31(27,28)19-11-7-12-29-19/h5-9,11-12,17H,2-4,10,13-14H2,1H3,(H,22,24,26)/t17-/m0/s1. The summed E-state index contributed by atoms with van der Waals surface area (Å²) >= 11 is 2.50. The van der Waals surface area contributed by atoms with Crippen LogP contribution >= 0.6 is 22.7 Å². The molecule has 1 aliphatic heterocycles. The van der Waals surface area contributed by atoms with Crippen LogP contribution in [0.5, 0.6) is 0 Å². The first-order valence-electron chi connectivity index (χ1n) is 10.2. The molecule has 1 atom stereocenters. The van der Waals surface area contributed by atoms with Crippen LogP contribution in [-0.2, 0) is 34.2 Å². The van der Waals surface area contributed by atoms with E-state index in [2.05, 4.69) is 22.4 Å². The van der Waals surface area contributed by atoms with E-state index in [0.717, 1.165) is 53.2 Å². The molecule has 1 amide bonds. The zero-order valence-electron chi connectivity index (χ0n) is 17.2. The highest BCUT2D eigenvalue weighted by molar-refractivity contribution is 7.91.